The van der Waals surface area contributed by atoms with Gasteiger partial charge in [0.25, 0.3) is 6.01 Å². The molecular weight excluding hydrogens is 659 g/mol. The summed E-state index contributed by atoms with van der Waals surface area (Å²) >= 11 is 4.67. The molecule has 0 bridgehead atoms. The molecule has 4 heterocycles. The first kappa shape index (κ1) is 30.5. The van der Waals surface area contributed by atoms with Gasteiger partial charge < -0.3 is 18.6 Å². The molecule has 0 fully saturated rings. The van der Waals surface area contributed by atoms with E-state index in [9.17, 15) is 22.4 Å². The van der Waals surface area contributed by atoms with Gasteiger partial charge in [-0.25, -0.2) is 14.8 Å². The van der Waals surface area contributed by atoms with Gasteiger partial charge >= 0.3 is 12.1 Å². The molecule has 9 nitrogen and oxygen atoms in total. The van der Waals surface area contributed by atoms with E-state index in [1.165, 1.54) is 42.1 Å². The summed E-state index contributed by atoms with van der Waals surface area (Å²) in [6.07, 6.45) is -3.42. The molecule has 16 heteroatoms. The summed E-state index contributed by atoms with van der Waals surface area (Å²) in [4.78, 5) is 22.6. The Morgan fingerprint density at radius 2 is 1.98 bits per heavy atom. The van der Waals surface area contributed by atoms with Gasteiger partial charge in [0, 0.05) is 12.3 Å². The van der Waals surface area contributed by atoms with Crippen molar-refractivity contribution in [2.45, 2.75) is 38.2 Å². The SMILES string of the molecule is [B][C@@H](c1ccccc1OCc1ccnn1CC(F)(F)F)[C@@H](Oc1ncnc2sc(-c3ccc(F)o3)c(Br)c12)C(=O)OCC. The van der Waals surface area contributed by atoms with Crippen LogP contribution in [0.25, 0.3) is 20.9 Å². The standard InChI is InChI=1S/C27H20BBrF4N4O5S/c1-2-39-26(38)22(42-24-19-21(29)23(17-7-8-18(30)41-17)43-25(19)35-13-34-24)20(28)15-5-3-4-6-16(15)40-11-14-9-10-36-37(14)12-27(31,32)33/h3-10,13,20,22H,2,11-12H2,1H3/t20-,22+/m0/s1. The van der Waals surface area contributed by atoms with Gasteiger partial charge in [-0.1, -0.05) is 18.2 Å². The number of nitrogens with zero attached hydrogens (tertiary/aromatic N) is 4. The Morgan fingerprint density at radius 1 is 1.19 bits per heavy atom. The summed E-state index contributed by atoms with van der Waals surface area (Å²) in [5.41, 5.74) is 0.501. The van der Waals surface area contributed by atoms with E-state index in [1.807, 2.05) is 0 Å². The Balaban J connectivity index is 1.45. The fraction of sp³-hybridized carbons (Fsp3) is 0.259. The number of thiophene rings is 1. The molecule has 43 heavy (non-hydrogen) atoms. The van der Waals surface area contributed by atoms with Crippen LogP contribution in [-0.2, 0) is 22.7 Å². The quantitative estimate of drug-likeness (QED) is 0.0898. The zero-order valence-corrected chi connectivity index (χ0v) is 24.6. The molecule has 0 aliphatic rings. The van der Waals surface area contributed by atoms with Crippen LogP contribution in [0.3, 0.4) is 0 Å². The number of benzene rings is 1. The van der Waals surface area contributed by atoms with E-state index >= 15 is 0 Å². The lowest BCUT2D eigenvalue weighted by Crippen LogP contribution is -2.36. The number of fused-ring (bicyclic) bond motifs is 1. The minimum atomic E-state index is -4.47. The highest BCUT2D eigenvalue weighted by Crippen LogP contribution is 2.45. The van der Waals surface area contributed by atoms with Gasteiger partial charge in [0.1, 0.15) is 35.8 Å². The summed E-state index contributed by atoms with van der Waals surface area (Å²) in [5.74, 6) is -1.51. The molecule has 2 radical (unpaired) electrons. The average Bonchev–Trinajstić information content (AvgIpc) is 3.68. The third-order valence-electron chi connectivity index (χ3n) is 6.06. The first-order valence-electron chi connectivity index (χ1n) is 12.6. The maximum Gasteiger partial charge on any atom is 0.408 e. The van der Waals surface area contributed by atoms with Gasteiger partial charge in [-0.05, 0) is 52.4 Å². The zero-order chi connectivity index (χ0) is 30.7. The molecule has 0 aliphatic carbocycles. The van der Waals surface area contributed by atoms with Gasteiger partial charge in [-0.15, -0.1) is 11.3 Å². The van der Waals surface area contributed by atoms with Gasteiger partial charge in [0.05, 0.1) is 34.9 Å². The van der Waals surface area contributed by atoms with Crippen LogP contribution in [0.15, 0.2) is 63.9 Å². The van der Waals surface area contributed by atoms with Crippen molar-refractivity contribution < 1.29 is 41.0 Å². The number of para-hydroxylation sites is 1. The van der Waals surface area contributed by atoms with Crippen molar-refractivity contribution in [3.8, 4) is 22.3 Å². The summed E-state index contributed by atoms with van der Waals surface area (Å²) < 4.78 is 75.9. The van der Waals surface area contributed by atoms with Crippen molar-refractivity contribution in [2.24, 2.45) is 0 Å². The third-order valence-corrected chi connectivity index (χ3v) is 8.23. The number of carbonyl (C=O) groups excluding carboxylic acids is 1. The Morgan fingerprint density at radius 3 is 2.70 bits per heavy atom. The van der Waals surface area contributed by atoms with Crippen LogP contribution < -0.4 is 9.47 Å². The zero-order valence-electron chi connectivity index (χ0n) is 22.2. The summed E-state index contributed by atoms with van der Waals surface area (Å²) in [6.45, 7) is 0.118. The molecule has 0 amide bonds. The van der Waals surface area contributed by atoms with Gasteiger partial charge in [0.2, 0.25) is 5.88 Å². The molecule has 4 aromatic heterocycles. The first-order valence-corrected chi connectivity index (χ1v) is 14.2. The second kappa shape index (κ2) is 12.8. The maximum absolute atomic E-state index is 13.6. The molecule has 0 saturated carbocycles. The molecular formula is C27H20BBrF4N4O5S. The number of rotatable bonds is 11. The van der Waals surface area contributed by atoms with Crippen LogP contribution in [0.4, 0.5) is 17.6 Å². The number of furan rings is 1. The number of halogens is 5. The van der Waals surface area contributed by atoms with Crippen LogP contribution in [0.1, 0.15) is 24.0 Å². The minimum Gasteiger partial charge on any atom is -0.487 e. The highest BCUT2D eigenvalue weighted by Gasteiger charge is 2.33. The van der Waals surface area contributed by atoms with E-state index in [0.717, 1.165) is 4.68 Å². The lowest BCUT2D eigenvalue weighted by Gasteiger charge is -2.25. The first-order chi connectivity index (χ1) is 20.6. The highest BCUT2D eigenvalue weighted by atomic mass is 79.9. The molecule has 5 aromatic rings. The molecule has 0 aliphatic heterocycles. The molecule has 0 spiro atoms. The van der Waals surface area contributed by atoms with Gasteiger partial charge in [-0.2, -0.15) is 22.7 Å². The monoisotopic (exact) mass is 678 g/mol. The number of aromatic nitrogens is 4. The Hall–Kier alpha value is -3.92. The molecule has 0 unspecified atom stereocenters. The molecule has 0 saturated heterocycles. The van der Waals surface area contributed by atoms with E-state index in [-0.39, 0.29) is 36.3 Å². The second-order valence-electron chi connectivity index (χ2n) is 8.95. The second-order valence-corrected chi connectivity index (χ2v) is 10.7. The van der Waals surface area contributed by atoms with Crippen molar-refractivity contribution >= 4 is 51.3 Å². The predicted molar refractivity (Wildman–Crippen MR) is 151 cm³/mol. The van der Waals surface area contributed by atoms with E-state index in [1.54, 1.807) is 31.2 Å². The Labute approximate surface area is 255 Å². The summed E-state index contributed by atoms with van der Waals surface area (Å²) in [7, 11) is 6.58. The molecule has 2 atom stereocenters. The number of hydrogen-bond acceptors (Lipinski definition) is 9. The number of carbonyl (C=O) groups is 1. The number of alkyl halides is 3. The number of hydrogen-bond donors (Lipinski definition) is 0. The summed E-state index contributed by atoms with van der Waals surface area (Å²) in [5, 5.41) is 4.11. The van der Waals surface area contributed by atoms with Crippen molar-refractivity contribution in [3.63, 3.8) is 0 Å². The molecule has 222 valence electrons. The maximum atomic E-state index is 13.6. The van der Waals surface area contributed by atoms with E-state index < -0.39 is 36.6 Å². The normalized spacial score (nSPS) is 13.2. The third kappa shape index (κ3) is 6.85. The van der Waals surface area contributed by atoms with Crippen molar-refractivity contribution in [3.05, 3.63) is 76.7 Å². The predicted octanol–water partition coefficient (Wildman–Crippen LogP) is 6.41. The van der Waals surface area contributed by atoms with Crippen molar-refractivity contribution in [1.82, 2.24) is 19.7 Å². The van der Waals surface area contributed by atoms with E-state index in [2.05, 4.69) is 31.0 Å². The summed E-state index contributed by atoms with van der Waals surface area (Å²) in [6, 6.07) is 9.75. The largest absolute Gasteiger partial charge is 0.487 e. The lowest BCUT2D eigenvalue weighted by molar-refractivity contribution is -0.151. The Kier molecular flexibility index (Phi) is 9.06. The van der Waals surface area contributed by atoms with Crippen molar-refractivity contribution in [1.29, 1.82) is 0 Å². The van der Waals surface area contributed by atoms with E-state index in [0.29, 0.717) is 25.1 Å². The minimum absolute atomic E-state index is 0.00522. The van der Waals surface area contributed by atoms with Crippen molar-refractivity contribution in [2.75, 3.05) is 6.61 Å². The average molecular weight is 679 g/mol. The molecule has 1 aromatic carbocycles. The highest BCUT2D eigenvalue weighted by molar-refractivity contribution is 9.10. The molecule has 0 N–H and O–H groups in total. The Bertz CT molecular complexity index is 1740. The van der Waals surface area contributed by atoms with Crippen LogP contribution >= 0.6 is 27.3 Å². The topological polar surface area (TPSA) is 102 Å². The molecule has 5 rings (SSSR count). The van der Waals surface area contributed by atoms with Gasteiger partial charge in [-0.3, -0.25) is 4.68 Å². The fourth-order valence-electron chi connectivity index (χ4n) is 4.17. The van der Waals surface area contributed by atoms with Crippen LogP contribution in [0, 0.1) is 6.01 Å². The smallest absolute Gasteiger partial charge is 0.408 e. The van der Waals surface area contributed by atoms with Gasteiger partial charge in [0.15, 0.2) is 6.10 Å². The van der Waals surface area contributed by atoms with Crippen LogP contribution in [-0.4, -0.2) is 52.5 Å². The number of esters is 1. The lowest BCUT2D eigenvalue weighted by atomic mass is 9.76. The van der Waals surface area contributed by atoms with E-state index in [4.69, 9.17) is 26.5 Å². The van der Waals surface area contributed by atoms with Crippen LogP contribution in [0.2, 0.25) is 0 Å². The fourth-order valence-corrected chi connectivity index (χ4v) is 6.08. The van der Waals surface area contributed by atoms with Crippen LogP contribution in [0.5, 0.6) is 11.6 Å². The number of ether oxygens (including phenoxy) is 3.